The predicted octanol–water partition coefficient (Wildman–Crippen LogP) is 3.32. The molecule has 2 heterocycles. The number of hydrogen-bond acceptors (Lipinski definition) is 2. The molecule has 2 aromatic rings. The molecule has 0 bridgehead atoms. The fourth-order valence-electron chi connectivity index (χ4n) is 2.30. The summed E-state index contributed by atoms with van der Waals surface area (Å²) in [5.41, 5.74) is 1.01. The first-order valence-corrected chi connectivity index (χ1v) is 5.63. The number of halogens is 1. The SMILES string of the molecule is Cl.c1ccc2oc(C3CCCNC3)cc2c1. The number of fused-ring (bicyclic) bond motifs is 1. The Labute approximate surface area is 101 Å². The molecule has 1 saturated heterocycles. The summed E-state index contributed by atoms with van der Waals surface area (Å²) >= 11 is 0. The van der Waals surface area contributed by atoms with Gasteiger partial charge in [-0.15, -0.1) is 12.4 Å². The smallest absolute Gasteiger partial charge is 0.134 e. The molecule has 1 aromatic heterocycles. The average Bonchev–Trinajstić information content (AvgIpc) is 2.74. The van der Waals surface area contributed by atoms with Crippen molar-refractivity contribution in [2.24, 2.45) is 0 Å². The van der Waals surface area contributed by atoms with Gasteiger partial charge in [-0.25, -0.2) is 0 Å². The van der Waals surface area contributed by atoms with Gasteiger partial charge in [0, 0.05) is 17.8 Å². The molecule has 16 heavy (non-hydrogen) atoms. The molecule has 1 aliphatic heterocycles. The van der Waals surface area contributed by atoms with E-state index in [1.165, 1.54) is 18.2 Å². The molecule has 0 saturated carbocycles. The van der Waals surface area contributed by atoms with Crippen LogP contribution in [0.15, 0.2) is 34.7 Å². The lowest BCUT2D eigenvalue weighted by molar-refractivity contribution is 0.400. The van der Waals surface area contributed by atoms with E-state index in [1.54, 1.807) is 0 Å². The second-order valence-corrected chi connectivity index (χ2v) is 4.23. The molecule has 3 heteroatoms. The minimum Gasteiger partial charge on any atom is -0.461 e. The second kappa shape index (κ2) is 4.89. The third-order valence-corrected chi connectivity index (χ3v) is 3.14. The van der Waals surface area contributed by atoms with Crippen LogP contribution in [0, 0.1) is 0 Å². The molecular formula is C13H16ClNO. The van der Waals surface area contributed by atoms with Crippen molar-refractivity contribution in [3.63, 3.8) is 0 Å². The first-order valence-electron chi connectivity index (χ1n) is 5.63. The van der Waals surface area contributed by atoms with Crippen molar-refractivity contribution in [2.75, 3.05) is 13.1 Å². The third kappa shape index (κ3) is 2.08. The standard InChI is InChI=1S/C13H15NO.ClH/c1-2-6-12-10(4-1)8-13(15-12)11-5-3-7-14-9-11;/h1-2,4,6,8,11,14H,3,5,7,9H2;1H. The molecule has 1 unspecified atom stereocenters. The van der Waals surface area contributed by atoms with E-state index in [4.69, 9.17) is 4.42 Å². The van der Waals surface area contributed by atoms with Crippen LogP contribution in [0.3, 0.4) is 0 Å². The fraction of sp³-hybridized carbons (Fsp3) is 0.385. The van der Waals surface area contributed by atoms with Crippen LogP contribution in [0.1, 0.15) is 24.5 Å². The summed E-state index contributed by atoms with van der Waals surface area (Å²) in [6, 6.07) is 10.4. The van der Waals surface area contributed by atoms with Gasteiger partial charge in [0.1, 0.15) is 11.3 Å². The Balaban J connectivity index is 0.000000963. The van der Waals surface area contributed by atoms with Crippen molar-refractivity contribution in [3.05, 3.63) is 36.1 Å². The van der Waals surface area contributed by atoms with Crippen LogP contribution in [0.4, 0.5) is 0 Å². The van der Waals surface area contributed by atoms with Crippen LogP contribution in [0.25, 0.3) is 11.0 Å². The lowest BCUT2D eigenvalue weighted by atomic mass is 9.97. The maximum atomic E-state index is 5.87. The molecule has 0 radical (unpaired) electrons. The van der Waals surface area contributed by atoms with Gasteiger partial charge in [-0.3, -0.25) is 0 Å². The first-order chi connectivity index (χ1) is 7.43. The molecule has 1 aliphatic rings. The van der Waals surface area contributed by atoms with Crippen molar-refractivity contribution >= 4 is 23.4 Å². The van der Waals surface area contributed by atoms with Crippen LogP contribution in [-0.4, -0.2) is 13.1 Å². The van der Waals surface area contributed by atoms with Crippen molar-refractivity contribution < 1.29 is 4.42 Å². The maximum absolute atomic E-state index is 5.87. The highest BCUT2D eigenvalue weighted by molar-refractivity contribution is 5.85. The Kier molecular flexibility index (Phi) is 3.52. The minimum absolute atomic E-state index is 0. The number of benzene rings is 1. The maximum Gasteiger partial charge on any atom is 0.134 e. The zero-order valence-electron chi connectivity index (χ0n) is 9.11. The topological polar surface area (TPSA) is 25.2 Å². The number of para-hydroxylation sites is 1. The quantitative estimate of drug-likeness (QED) is 0.823. The zero-order chi connectivity index (χ0) is 10.1. The van der Waals surface area contributed by atoms with Gasteiger partial charge in [-0.2, -0.15) is 0 Å². The fourth-order valence-corrected chi connectivity index (χ4v) is 2.30. The Morgan fingerprint density at radius 2 is 2.12 bits per heavy atom. The van der Waals surface area contributed by atoms with E-state index in [1.807, 2.05) is 12.1 Å². The number of piperidine rings is 1. The largest absolute Gasteiger partial charge is 0.461 e. The van der Waals surface area contributed by atoms with Gasteiger partial charge in [-0.05, 0) is 31.5 Å². The summed E-state index contributed by atoms with van der Waals surface area (Å²) < 4.78 is 5.87. The Hall–Kier alpha value is -0.990. The van der Waals surface area contributed by atoms with Crippen LogP contribution in [0.5, 0.6) is 0 Å². The lowest BCUT2D eigenvalue weighted by Gasteiger charge is -2.20. The highest BCUT2D eigenvalue weighted by Gasteiger charge is 2.18. The van der Waals surface area contributed by atoms with Crippen molar-refractivity contribution in [2.45, 2.75) is 18.8 Å². The molecule has 0 aliphatic carbocycles. The molecule has 1 N–H and O–H groups in total. The first kappa shape index (κ1) is 11.5. The van der Waals surface area contributed by atoms with Gasteiger partial charge in [0.15, 0.2) is 0 Å². The van der Waals surface area contributed by atoms with Crippen LogP contribution in [0.2, 0.25) is 0 Å². The van der Waals surface area contributed by atoms with Gasteiger partial charge in [0.25, 0.3) is 0 Å². The molecule has 86 valence electrons. The molecule has 1 aromatic carbocycles. The Morgan fingerprint density at radius 3 is 2.88 bits per heavy atom. The van der Waals surface area contributed by atoms with Gasteiger partial charge in [-0.1, -0.05) is 18.2 Å². The van der Waals surface area contributed by atoms with Crippen LogP contribution in [-0.2, 0) is 0 Å². The van der Waals surface area contributed by atoms with E-state index < -0.39 is 0 Å². The Bertz CT molecular complexity index is 427. The lowest BCUT2D eigenvalue weighted by Crippen LogP contribution is -2.28. The van der Waals surface area contributed by atoms with E-state index >= 15 is 0 Å². The highest BCUT2D eigenvalue weighted by atomic mass is 35.5. The summed E-state index contributed by atoms with van der Waals surface area (Å²) in [6.45, 7) is 2.20. The summed E-state index contributed by atoms with van der Waals surface area (Å²) in [7, 11) is 0. The number of rotatable bonds is 1. The summed E-state index contributed by atoms with van der Waals surface area (Å²) in [5.74, 6) is 1.70. The summed E-state index contributed by atoms with van der Waals surface area (Å²) in [6.07, 6.45) is 2.49. The molecular weight excluding hydrogens is 222 g/mol. The number of hydrogen-bond donors (Lipinski definition) is 1. The van der Waals surface area contributed by atoms with Crippen molar-refractivity contribution in [3.8, 4) is 0 Å². The van der Waals surface area contributed by atoms with E-state index in [-0.39, 0.29) is 12.4 Å². The van der Waals surface area contributed by atoms with E-state index in [2.05, 4.69) is 23.5 Å². The highest BCUT2D eigenvalue weighted by Crippen LogP contribution is 2.28. The summed E-state index contributed by atoms with van der Waals surface area (Å²) in [4.78, 5) is 0. The monoisotopic (exact) mass is 237 g/mol. The van der Waals surface area contributed by atoms with Crippen molar-refractivity contribution in [1.82, 2.24) is 5.32 Å². The molecule has 3 rings (SSSR count). The normalized spacial score (nSPS) is 20.6. The van der Waals surface area contributed by atoms with E-state index in [0.29, 0.717) is 5.92 Å². The predicted molar refractivity (Wildman–Crippen MR) is 68.3 cm³/mol. The summed E-state index contributed by atoms with van der Waals surface area (Å²) in [5, 5.41) is 4.64. The van der Waals surface area contributed by atoms with E-state index in [0.717, 1.165) is 24.4 Å². The van der Waals surface area contributed by atoms with Gasteiger partial charge < -0.3 is 9.73 Å². The van der Waals surface area contributed by atoms with Crippen molar-refractivity contribution in [1.29, 1.82) is 0 Å². The van der Waals surface area contributed by atoms with E-state index in [9.17, 15) is 0 Å². The van der Waals surface area contributed by atoms with Gasteiger partial charge in [0.2, 0.25) is 0 Å². The molecule has 0 amide bonds. The average molecular weight is 238 g/mol. The zero-order valence-corrected chi connectivity index (χ0v) is 9.93. The molecule has 1 fully saturated rings. The van der Waals surface area contributed by atoms with Crippen LogP contribution >= 0.6 is 12.4 Å². The van der Waals surface area contributed by atoms with Crippen LogP contribution < -0.4 is 5.32 Å². The number of furan rings is 1. The molecule has 1 atom stereocenters. The second-order valence-electron chi connectivity index (χ2n) is 4.23. The molecule has 0 spiro atoms. The minimum atomic E-state index is 0. The Morgan fingerprint density at radius 1 is 1.25 bits per heavy atom. The number of nitrogens with one attached hydrogen (secondary N) is 1. The van der Waals surface area contributed by atoms with Gasteiger partial charge >= 0.3 is 0 Å². The molecule has 2 nitrogen and oxygen atoms in total. The van der Waals surface area contributed by atoms with Gasteiger partial charge in [0.05, 0.1) is 0 Å². The third-order valence-electron chi connectivity index (χ3n) is 3.14.